The first-order valence-electron chi connectivity index (χ1n) is 11.7. The first-order valence-corrected chi connectivity index (χ1v) is 13.6. The van der Waals surface area contributed by atoms with E-state index >= 15 is 0 Å². The molecule has 6 rings (SSSR count). The first kappa shape index (κ1) is 25.1. The van der Waals surface area contributed by atoms with Gasteiger partial charge >= 0.3 is 0 Å². The second-order valence-electron chi connectivity index (χ2n) is 8.55. The Morgan fingerprint density at radius 2 is 2.13 bits per heavy atom. The van der Waals surface area contributed by atoms with Gasteiger partial charge < -0.3 is 19.8 Å². The second kappa shape index (κ2) is 10.9. The highest BCUT2D eigenvalue weighted by atomic mass is 35.5. The molecule has 14 heteroatoms. The summed E-state index contributed by atoms with van der Waals surface area (Å²) < 4.78 is 25.6. The molecule has 5 aromatic rings. The van der Waals surface area contributed by atoms with Gasteiger partial charge in [0.25, 0.3) is 0 Å². The summed E-state index contributed by atoms with van der Waals surface area (Å²) in [6.45, 7) is 4.15. The van der Waals surface area contributed by atoms with Gasteiger partial charge in [0.1, 0.15) is 0 Å². The fourth-order valence-electron chi connectivity index (χ4n) is 4.23. The highest BCUT2D eigenvalue weighted by Gasteiger charge is 2.20. The number of thiophene rings is 1. The molecule has 196 valence electrons. The summed E-state index contributed by atoms with van der Waals surface area (Å²) >= 11 is 7.50. The molecule has 38 heavy (non-hydrogen) atoms. The Morgan fingerprint density at radius 1 is 1.26 bits per heavy atom. The van der Waals surface area contributed by atoms with Gasteiger partial charge in [-0.1, -0.05) is 17.7 Å². The van der Waals surface area contributed by atoms with Crippen LogP contribution in [-0.4, -0.2) is 67.4 Å². The van der Waals surface area contributed by atoms with E-state index in [1.54, 1.807) is 12.3 Å². The molecule has 0 saturated carbocycles. The third-order valence-corrected chi connectivity index (χ3v) is 7.66. The van der Waals surface area contributed by atoms with Crippen LogP contribution in [0.5, 0.6) is 5.75 Å². The molecule has 2 N–H and O–H groups in total. The minimum Gasteiger partial charge on any atom is -0.491 e. The first-order chi connectivity index (χ1) is 18.6. The molecule has 10 nitrogen and oxygen atoms in total. The molecule has 0 spiro atoms. The van der Waals surface area contributed by atoms with Gasteiger partial charge in [0.15, 0.2) is 41.2 Å². The highest BCUT2D eigenvalue weighted by molar-refractivity contribution is 7.92. The predicted octanol–water partition coefficient (Wildman–Crippen LogP) is 5.56. The minimum absolute atomic E-state index is 0.0183. The molecule has 0 aliphatic carbocycles. The van der Waals surface area contributed by atoms with Gasteiger partial charge in [-0.3, -0.25) is 4.90 Å². The summed E-state index contributed by atoms with van der Waals surface area (Å²) in [4.78, 5) is 20.2. The predicted molar refractivity (Wildman–Crippen MR) is 148 cm³/mol. The van der Waals surface area contributed by atoms with Crippen LogP contribution in [0.2, 0.25) is 5.02 Å². The van der Waals surface area contributed by atoms with E-state index in [1.165, 1.54) is 30.2 Å². The lowest BCUT2D eigenvalue weighted by atomic mass is 10.2. The van der Waals surface area contributed by atoms with Crippen molar-refractivity contribution in [1.82, 2.24) is 34.0 Å². The standard InChI is InChI=1S/C24H22ClFN8O2S2/c1-35-19-10-27-23(20-9-15(25)13-37-20)31-22(19)30-18-12-34(38-26)32-21(18)24-28-16-3-2-14(8-17(16)29-24)11-33-4-6-36-7-5-33/h2-3,8-10,12-13H,4-7,11H2,1H3,(H,28,29)(H,27,30,31). The maximum absolute atomic E-state index is 13.6. The van der Waals surface area contributed by atoms with Crippen molar-refractivity contribution >= 4 is 57.8 Å². The number of aromatic nitrogens is 6. The maximum atomic E-state index is 13.6. The van der Waals surface area contributed by atoms with Crippen molar-refractivity contribution in [3.05, 3.63) is 52.6 Å². The Morgan fingerprint density at radius 3 is 2.89 bits per heavy atom. The Labute approximate surface area is 230 Å². The van der Waals surface area contributed by atoms with E-state index in [-0.39, 0.29) is 12.3 Å². The Balaban J connectivity index is 1.32. The Kier molecular flexibility index (Phi) is 7.17. The number of nitrogens with one attached hydrogen (secondary N) is 2. The molecule has 0 bridgehead atoms. The lowest BCUT2D eigenvalue weighted by Crippen LogP contribution is -2.35. The fraction of sp³-hybridized carbons (Fsp3) is 0.250. The molecule has 4 aromatic heterocycles. The summed E-state index contributed by atoms with van der Waals surface area (Å²) in [7, 11) is 1.53. The van der Waals surface area contributed by atoms with Gasteiger partial charge in [-0.05, 0) is 23.8 Å². The summed E-state index contributed by atoms with van der Waals surface area (Å²) in [6, 6.07) is 7.93. The monoisotopic (exact) mass is 572 g/mol. The summed E-state index contributed by atoms with van der Waals surface area (Å²) in [5.41, 5.74) is 3.76. The van der Waals surface area contributed by atoms with Crippen molar-refractivity contribution in [3.63, 3.8) is 0 Å². The minimum atomic E-state index is -0.0183. The number of fused-ring (bicyclic) bond motifs is 1. The number of benzene rings is 1. The summed E-state index contributed by atoms with van der Waals surface area (Å²) in [5, 5.41) is 10.0. The number of halogens is 2. The van der Waals surface area contributed by atoms with Crippen molar-refractivity contribution in [3.8, 4) is 28.0 Å². The van der Waals surface area contributed by atoms with E-state index in [9.17, 15) is 3.89 Å². The lowest BCUT2D eigenvalue weighted by molar-refractivity contribution is 0.0342. The van der Waals surface area contributed by atoms with Crippen molar-refractivity contribution in [2.45, 2.75) is 6.54 Å². The van der Waals surface area contributed by atoms with Crippen LogP contribution in [0.4, 0.5) is 15.4 Å². The van der Waals surface area contributed by atoms with Crippen LogP contribution in [0.3, 0.4) is 0 Å². The largest absolute Gasteiger partial charge is 0.491 e. The molecular weight excluding hydrogens is 551 g/mol. The SMILES string of the molecule is COc1cnc(-c2cc(Cl)cs2)nc1Nc1cn(SF)nc1-c1nc2ccc(CN3CCOCC3)cc2[nH]1. The Hall–Kier alpha value is -3.23. The topological polar surface area (TPSA) is 106 Å². The normalized spacial score (nSPS) is 14.3. The number of hydrogen-bond donors (Lipinski definition) is 2. The van der Waals surface area contributed by atoms with Crippen LogP contribution < -0.4 is 10.1 Å². The van der Waals surface area contributed by atoms with E-state index in [0.717, 1.165) is 52.8 Å². The number of anilines is 2. The highest BCUT2D eigenvalue weighted by Crippen LogP contribution is 2.35. The van der Waals surface area contributed by atoms with E-state index < -0.39 is 0 Å². The molecule has 1 fully saturated rings. The molecule has 0 unspecified atom stereocenters. The number of H-pyrrole nitrogens is 1. The van der Waals surface area contributed by atoms with E-state index in [2.05, 4.69) is 42.4 Å². The van der Waals surface area contributed by atoms with Crippen LogP contribution in [0, 0.1) is 0 Å². The van der Waals surface area contributed by atoms with Gasteiger partial charge in [0.2, 0.25) is 0 Å². The van der Waals surface area contributed by atoms with Gasteiger partial charge in [-0.15, -0.1) is 15.2 Å². The molecule has 0 amide bonds. The molecule has 5 heterocycles. The van der Waals surface area contributed by atoms with Crippen LogP contribution in [0.25, 0.3) is 33.3 Å². The zero-order valence-electron chi connectivity index (χ0n) is 20.1. The number of methoxy groups -OCH3 is 1. The lowest BCUT2D eigenvalue weighted by Gasteiger charge is -2.26. The number of hydrogen-bond acceptors (Lipinski definition) is 10. The number of aromatic amines is 1. The number of nitrogens with zero attached hydrogens (tertiary/aromatic N) is 6. The quantitative estimate of drug-likeness (QED) is 0.247. The molecule has 1 aliphatic heterocycles. The molecule has 1 aliphatic rings. The number of ether oxygens (including phenoxy) is 2. The van der Waals surface area contributed by atoms with E-state index in [4.69, 9.17) is 26.1 Å². The zero-order valence-corrected chi connectivity index (χ0v) is 22.5. The zero-order chi connectivity index (χ0) is 26.1. The van der Waals surface area contributed by atoms with Crippen LogP contribution in [0.1, 0.15) is 5.56 Å². The molecule has 0 radical (unpaired) electrons. The van der Waals surface area contributed by atoms with Crippen LogP contribution in [0.15, 0.2) is 42.0 Å². The summed E-state index contributed by atoms with van der Waals surface area (Å²) in [6.07, 6.45) is 3.10. The molecular formula is C24H22ClFN8O2S2. The average molecular weight is 573 g/mol. The van der Waals surface area contributed by atoms with Gasteiger partial charge in [0.05, 0.1) is 59.3 Å². The third kappa shape index (κ3) is 5.20. The molecule has 1 aromatic carbocycles. The van der Waals surface area contributed by atoms with E-state index in [1.807, 2.05) is 11.4 Å². The van der Waals surface area contributed by atoms with Gasteiger partial charge in [-0.2, -0.15) is 9.19 Å². The smallest absolute Gasteiger partial charge is 0.187 e. The van der Waals surface area contributed by atoms with Crippen LogP contribution in [-0.2, 0) is 11.3 Å². The van der Waals surface area contributed by atoms with Gasteiger partial charge in [-0.25, -0.2) is 15.0 Å². The Bertz CT molecular complexity index is 1580. The van der Waals surface area contributed by atoms with E-state index in [0.29, 0.717) is 39.6 Å². The maximum Gasteiger partial charge on any atom is 0.187 e. The third-order valence-electron chi connectivity index (χ3n) is 6.06. The number of morpholine rings is 1. The number of imidazole rings is 1. The second-order valence-corrected chi connectivity index (χ2v) is 10.4. The molecule has 0 atom stereocenters. The van der Waals surface area contributed by atoms with Crippen molar-refractivity contribution in [2.24, 2.45) is 0 Å². The van der Waals surface area contributed by atoms with Gasteiger partial charge in [0, 0.05) is 25.0 Å². The van der Waals surface area contributed by atoms with Crippen molar-refractivity contribution < 1.29 is 13.4 Å². The summed E-state index contributed by atoms with van der Waals surface area (Å²) in [5.74, 6) is 1.80. The average Bonchev–Trinajstić information content (AvgIpc) is 3.67. The fourth-order valence-corrected chi connectivity index (χ4v) is 5.50. The van der Waals surface area contributed by atoms with Crippen LogP contribution >= 0.6 is 35.3 Å². The number of rotatable bonds is 8. The molecule has 1 saturated heterocycles. The van der Waals surface area contributed by atoms with Crippen molar-refractivity contribution in [1.29, 1.82) is 0 Å². The van der Waals surface area contributed by atoms with Crippen molar-refractivity contribution in [2.75, 3.05) is 38.7 Å².